The summed E-state index contributed by atoms with van der Waals surface area (Å²) in [5.74, 6) is 2.18. The van der Waals surface area contributed by atoms with Crippen LogP contribution in [0, 0.1) is 18.8 Å². The number of rotatable bonds is 6. The van der Waals surface area contributed by atoms with E-state index in [0.29, 0.717) is 18.3 Å². The maximum atomic E-state index is 12.5. The summed E-state index contributed by atoms with van der Waals surface area (Å²) in [5.41, 5.74) is 4.45. The van der Waals surface area contributed by atoms with E-state index in [4.69, 9.17) is 4.74 Å². The van der Waals surface area contributed by atoms with Crippen molar-refractivity contribution in [3.05, 3.63) is 41.6 Å². The number of benzene rings is 1. The molecule has 4 heteroatoms. The van der Waals surface area contributed by atoms with Crippen molar-refractivity contribution in [2.24, 2.45) is 11.8 Å². The minimum atomic E-state index is 0.0962. The van der Waals surface area contributed by atoms with Gasteiger partial charge in [-0.05, 0) is 75.1 Å². The molecule has 0 atom stereocenters. The van der Waals surface area contributed by atoms with E-state index in [1.807, 2.05) is 25.1 Å². The maximum Gasteiger partial charge on any atom is 0.224 e. The molecular formula is C22H30N2O2. The molecule has 1 saturated carbocycles. The Kier molecular flexibility index (Phi) is 5.70. The second-order valence-corrected chi connectivity index (χ2v) is 7.68. The normalized spacial score (nSPS) is 20.1. The van der Waals surface area contributed by atoms with Gasteiger partial charge in [0, 0.05) is 23.1 Å². The van der Waals surface area contributed by atoms with Crippen LogP contribution in [0.3, 0.4) is 0 Å². The lowest BCUT2D eigenvalue weighted by atomic mass is 9.79. The van der Waals surface area contributed by atoms with Gasteiger partial charge < -0.3 is 15.0 Å². The minimum absolute atomic E-state index is 0.0962. The Labute approximate surface area is 156 Å². The average molecular weight is 354 g/mol. The number of H-pyrrole nitrogens is 1. The van der Waals surface area contributed by atoms with Crippen molar-refractivity contribution in [1.82, 2.24) is 10.3 Å². The number of aromatic nitrogens is 1. The molecule has 2 N–H and O–H groups in total. The molecule has 4 nitrogen and oxygen atoms in total. The summed E-state index contributed by atoms with van der Waals surface area (Å²) in [4.78, 5) is 15.9. The van der Waals surface area contributed by atoms with Crippen molar-refractivity contribution in [2.75, 3.05) is 13.7 Å². The highest BCUT2D eigenvalue weighted by Crippen LogP contribution is 2.32. The van der Waals surface area contributed by atoms with Crippen LogP contribution >= 0.6 is 0 Å². The number of nitrogens with one attached hydrogen (secondary N) is 2. The molecule has 1 aromatic heterocycles. The smallest absolute Gasteiger partial charge is 0.224 e. The van der Waals surface area contributed by atoms with E-state index in [0.717, 1.165) is 34.5 Å². The van der Waals surface area contributed by atoms with Crippen LogP contribution < -0.4 is 10.1 Å². The average Bonchev–Trinajstić information content (AvgIpc) is 2.95. The summed E-state index contributed by atoms with van der Waals surface area (Å²) in [6.07, 6.45) is 5.18. The van der Waals surface area contributed by atoms with E-state index in [1.165, 1.54) is 31.3 Å². The number of methoxy groups -OCH3 is 1. The molecule has 0 aliphatic heterocycles. The second kappa shape index (κ2) is 7.98. The van der Waals surface area contributed by atoms with Crippen LogP contribution in [0.4, 0.5) is 0 Å². The van der Waals surface area contributed by atoms with Crippen LogP contribution in [0.1, 0.15) is 43.9 Å². The molecular weight excluding hydrogens is 324 g/mol. The van der Waals surface area contributed by atoms with E-state index < -0.39 is 0 Å². The number of hydrogen-bond donors (Lipinski definition) is 2. The lowest BCUT2D eigenvalue weighted by molar-refractivity contribution is -0.120. The van der Waals surface area contributed by atoms with E-state index in [2.05, 4.69) is 23.8 Å². The molecule has 0 unspecified atom stereocenters. The van der Waals surface area contributed by atoms with Crippen molar-refractivity contribution in [3.63, 3.8) is 0 Å². The zero-order valence-corrected chi connectivity index (χ0v) is 16.2. The van der Waals surface area contributed by atoms with Gasteiger partial charge >= 0.3 is 0 Å². The molecule has 0 saturated heterocycles. The predicted octanol–water partition coefficient (Wildman–Crippen LogP) is 4.53. The Morgan fingerprint density at radius 3 is 2.69 bits per heavy atom. The van der Waals surface area contributed by atoms with E-state index in [1.54, 1.807) is 7.11 Å². The van der Waals surface area contributed by atoms with Gasteiger partial charge in [-0.1, -0.05) is 12.2 Å². The summed E-state index contributed by atoms with van der Waals surface area (Å²) in [6, 6.07) is 5.94. The van der Waals surface area contributed by atoms with Gasteiger partial charge in [0.15, 0.2) is 0 Å². The molecule has 26 heavy (non-hydrogen) atoms. The van der Waals surface area contributed by atoms with Gasteiger partial charge in [0.1, 0.15) is 5.75 Å². The Morgan fingerprint density at radius 2 is 2.04 bits per heavy atom. The highest BCUT2D eigenvalue weighted by molar-refractivity contribution is 5.91. The molecule has 1 heterocycles. The summed E-state index contributed by atoms with van der Waals surface area (Å²) < 4.78 is 5.32. The largest absolute Gasteiger partial charge is 0.497 e. The molecule has 0 spiro atoms. The van der Waals surface area contributed by atoms with Crippen molar-refractivity contribution in [3.8, 4) is 5.75 Å². The molecule has 1 aliphatic carbocycles. The lowest BCUT2D eigenvalue weighted by Crippen LogP contribution is -2.32. The van der Waals surface area contributed by atoms with Gasteiger partial charge in [-0.25, -0.2) is 0 Å². The van der Waals surface area contributed by atoms with Gasteiger partial charge in [0.2, 0.25) is 5.91 Å². The molecule has 1 amide bonds. The number of hydrogen-bond acceptors (Lipinski definition) is 2. The van der Waals surface area contributed by atoms with Gasteiger partial charge in [-0.2, -0.15) is 0 Å². The standard InChI is InChI=1S/C22H30N2O2/c1-14(2)17-7-5-16(6-8-17)13-23-22(25)12-19-15(3)24-21-10-9-18(26-4)11-20(19)21/h9-11,16-17,24H,1,5-8,12-13H2,2-4H3,(H,23,25). The number of carbonyl (C=O) groups excluding carboxylic acids is 1. The van der Waals surface area contributed by atoms with Gasteiger partial charge in [-0.3, -0.25) is 4.79 Å². The van der Waals surface area contributed by atoms with Crippen molar-refractivity contribution in [1.29, 1.82) is 0 Å². The van der Waals surface area contributed by atoms with Crippen molar-refractivity contribution < 1.29 is 9.53 Å². The van der Waals surface area contributed by atoms with Crippen LogP contribution in [0.2, 0.25) is 0 Å². The SMILES string of the molecule is C=C(C)C1CCC(CNC(=O)Cc2c(C)[nH]c3ccc(OC)cc23)CC1. The fourth-order valence-electron chi connectivity index (χ4n) is 4.06. The number of carbonyl (C=O) groups is 1. The zero-order valence-electron chi connectivity index (χ0n) is 16.2. The number of fused-ring (bicyclic) bond motifs is 1. The van der Waals surface area contributed by atoms with Gasteiger partial charge in [0.05, 0.1) is 13.5 Å². The Bertz CT molecular complexity index is 798. The highest BCUT2D eigenvalue weighted by Gasteiger charge is 2.22. The van der Waals surface area contributed by atoms with E-state index in [9.17, 15) is 4.79 Å². The molecule has 3 rings (SSSR count). The topological polar surface area (TPSA) is 54.1 Å². The fraction of sp³-hybridized carbons (Fsp3) is 0.500. The summed E-state index contributed by atoms with van der Waals surface area (Å²) in [5, 5.41) is 4.22. The molecule has 0 radical (unpaired) electrons. The minimum Gasteiger partial charge on any atom is -0.497 e. The molecule has 1 aromatic carbocycles. The summed E-state index contributed by atoms with van der Waals surface area (Å²) in [6.45, 7) is 9.02. The van der Waals surface area contributed by atoms with Gasteiger partial charge in [0.25, 0.3) is 0 Å². The summed E-state index contributed by atoms with van der Waals surface area (Å²) in [7, 11) is 1.66. The third-order valence-corrected chi connectivity index (χ3v) is 5.80. The first-order valence-electron chi connectivity index (χ1n) is 9.55. The van der Waals surface area contributed by atoms with E-state index >= 15 is 0 Å². The number of ether oxygens (including phenoxy) is 1. The molecule has 140 valence electrons. The van der Waals surface area contributed by atoms with Crippen LogP contribution in [-0.4, -0.2) is 24.5 Å². The number of amides is 1. The molecule has 2 aromatic rings. The Balaban J connectivity index is 1.58. The molecule has 1 aliphatic rings. The number of aromatic amines is 1. The highest BCUT2D eigenvalue weighted by atomic mass is 16.5. The van der Waals surface area contributed by atoms with E-state index in [-0.39, 0.29) is 5.91 Å². The second-order valence-electron chi connectivity index (χ2n) is 7.68. The van der Waals surface area contributed by atoms with Crippen LogP contribution in [0.25, 0.3) is 10.9 Å². The van der Waals surface area contributed by atoms with Crippen LogP contribution in [0.15, 0.2) is 30.4 Å². The first-order valence-corrected chi connectivity index (χ1v) is 9.55. The fourth-order valence-corrected chi connectivity index (χ4v) is 4.06. The van der Waals surface area contributed by atoms with Crippen LogP contribution in [-0.2, 0) is 11.2 Å². The number of allylic oxidation sites excluding steroid dienone is 1. The first-order chi connectivity index (χ1) is 12.5. The monoisotopic (exact) mass is 354 g/mol. The zero-order chi connectivity index (χ0) is 18.7. The van der Waals surface area contributed by atoms with Crippen LogP contribution in [0.5, 0.6) is 5.75 Å². The van der Waals surface area contributed by atoms with Crippen molar-refractivity contribution >= 4 is 16.8 Å². The van der Waals surface area contributed by atoms with Crippen molar-refractivity contribution in [2.45, 2.75) is 46.0 Å². The number of aryl methyl sites for hydroxylation is 1. The Hall–Kier alpha value is -2.23. The molecule has 1 fully saturated rings. The first kappa shape index (κ1) is 18.6. The lowest BCUT2D eigenvalue weighted by Gasteiger charge is -2.28. The maximum absolute atomic E-state index is 12.5. The van der Waals surface area contributed by atoms with Gasteiger partial charge in [-0.15, -0.1) is 0 Å². The quantitative estimate of drug-likeness (QED) is 0.749. The third kappa shape index (κ3) is 4.12. The molecule has 0 bridgehead atoms. The third-order valence-electron chi connectivity index (χ3n) is 5.80. The predicted molar refractivity (Wildman–Crippen MR) is 107 cm³/mol. The summed E-state index contributed by atoms with van der Waals surface area (Å²) >= 11 is 0. The Morgan fingerprint density at radius 1 is 1.31 bits per heavy atom.